The molecule has 0 aliphatic carbocycles. The van der Waals surface area contributed by atoms with Crippen molar-refractivity contribution < 1.29 is 48.4 Å². The summed E-state index contributed by atoms with van der Waals surface area (Å²) in [6.07, 6.45) is -2.59. The largest absolute Gasteiger partial charge is 0.493 e. The summed E-state index contributed by atoms with van der Waals surface area (Å²) in [5.74, 6) is 2.11. The average Bonchev–Trinajstić information content (AvgIpc) is 3.41. The van der Waals surface area contributed by atoms with Gasteiger partial charge < -0.3 is 49.6 Å². The lowest BCUT2D eigenvalue weighted by atomic mass is 10.1. The number of hydrogen-bond donors (Lipinski definition) is 7. The standard InChI is InChI=1S/C14H15N5O2.C5H11O8P/c1-20-10-5-3-4-9(12(10)21-2)6-15-13-11-14(17-7-16-11)19-8-18-13;6-3-2(1-12-14(9,10)11)13-5(8)4(3)7/h3-5,7-8H,6H2,1-2H3,(H2,15,16,17,18,19);2-8H,1H2,(H2,9,10,11)/t;2-,3-,4-,5?/m.1/s1. The maximum Gasteiger partial charge on any atom is 0.469 e. The highest BCUT2D eigenvalue weighted by molar-refractivity contribution is 7.46. The van der Waals surface area contributed by atoms with Gasteiger partial charge in [-0.2, -0.15) is 0 Å². The Morgan fingerprint density at radius 2 is 1.89 bits per heavy atom. The lowest BCUT2D eigenvalue weighted by Crippen LogP contribution is -2.34. The van der Waals surface area contributed by atoms with E-state index in [2.05, 4.69) is 34.5 Å². The number of aromatic amines is 1. The summed E-state index contributed by atoms with van der Waals surface area (Å²) < 4.78 is 29.6. The molecular formula is C19H26N5O10P. The molecule has 3 heterocycles. The molecular weight excluding hydrogens is 489 g/mol. The number of ether oxygens (including phenoxy) is 3. The van der Waals surface area contributed by atoms with Crippen LogP contribution in [0.4, 0.5) is 5.82 Å². The highest BCUT2D eigenvalue weighted by atomic mass is 31.2. The van der Waals surface area contributed by atoms with Gasteiger partial charge in [0.25, 0.3) is 0 Å². The van der Waals surface area contributed by atoms with Crippen LogP contribution in [0.3, 0.4) is 0 Å². The molecule has 0 bridgehead atoms. The van der Waals surface area contributed by atoms with Crippen molar-refractivity contribution in [2.45, 2.75) is 31.1 Å². The predicted molar refractivity (Wildman–Crippen MR) is 119 cm³/mol. The lowest BCUT2D eigenvalue weighted by Gasteiger charge is -2.14. The van der Waals surface area contributed by atoms with E-state index in [4.69, 9.17) is 34.6 Å². The summed E-state index contributed by atoms with van der Waals surface area (Å²) in [4.78, 5) is 32.1. The molecule has 0 spiro atoms. The maximum absolute atomic E-state index is 10.3. The summed E-state index contributed by atoms with van der Waals surface area (Å²) >= 11 is 0. The Bertz CT molecular complexity index is 1160. The highest BCUT2D eigenvalue weighted by Crippen LogP contribution is 2.37. The minimum atomic E-state index is -4.64. The molecule has 1 fully saturated rings. The van der Waals surface area contributed by atoms with E-state index in [1.165, 1.54) is 6.33 Å². The van der Waals surface area contributed by atoms with E-state index in [9.17, 15) is 4.57 Å². The molecule has 0 amide bonds. The van der Waals surface area contributed by atoms with Crippen LogP contribution in [0.5, 0.6) is 11.5 Å². The number of nitrogens with one attached hydrogen (secondary N) is 2. The molecule has 1 aliphatic rings. The van der Waals surface area contributed by atoms with E-state index < -0.39 is 39.0 Å². The summed E-state index contributed by atoms with van der Waals surface area (Å²) in [5, 5.41) is 30.3. The van der Waals surface area contributed by atoms with Gasteiger partial charge in [0.15, 0.2) is 29.3 Å². The number of methoxy groups -OCH3 is 2. The number of anilines is 1. The van der Waals surface area contributed by atoms with Gasteiger partial charge >= 0.3 is 7.82 Å². The molecule has 4 atom stereocenters. The van der Waals surface area contributed by atoms with Gasteiger partial charge in [0.05, 0.1) is 27.2 Å². The molecule has 2 aromatic heterocycles. The van der Waals surface area contributed by atoms with Gasteiger partial charge in [-0.15, -0.1) is 0 Å². The molecule has 7 N–H and O–H groups in total. The van der Waals surface area contributed by atoms with Crippen LogP contribution < -0.4 is 14.8 Å². The Kier molecular flexibility index (Phi) is 8.93. The quantitative estimate of drug-likeness (QED) is 0.188. The summed E-state index contributed by atoms with van der Waals surface area (Å²) in [7, 11) is -1.40. The number of hydrogen-bond acceptors (Lipinski definition) is 12. The Morgan fingerprint density at radius 3 is 2.51 bits per heavy atom. The number of aliphatic hydroxyl groups excluding tert-OH is 3. The number of phosphoric acid groups is 1. The molecule has 16 heteroatoms. The third-order valence-electron chi connectivity index (χ3n) is 4.90. The first kappa shape index (κ1) is 26.7. The molecule has 0 radical (unpaired) electrons. The Hall–Kier alpha value is -2.88. The first-order chi connectivity index (χ1) is 16.6. The van der Waals surface area contributed by atoms with Crippen LogP contribution in [0.2, 0.25) is 0 Å². The molecule has 192 valence electrons. The molecule has 15 nitrogen and oxygen atoms in total. The van der Waals surface area contributed by atoms with E-state index >= 15 is 0 Å². The Balaban J connectivity index is 0.000000214. The van der Waals surface area contributed by atoms with Gasteiger partial charge in [-0.3, -0.25) is 4.52 Å². The third kappa shape index (κ3) is 6.84. The highest BCUT2D eigenvalue weighted by Gasteiger charge is 2.42. The van der Waals surface area contributed by atoms with Gasteiger partial charge in [0.1, 0.15) is 30.2 Å². The molecule has 1 unspecified atom stereocenters. The number of H-pyrrole nitrogens is 1. The average molecular weight is 515 g/mol. The number of imidazole rings is 1. The third-order valence-corrected chi connectivity index (χ3v) is 5.38. The van der Waals surface area contributed by atoms with Crippen molar-refractivity contribution in [3.8, 4) is 11.5 Å². The van der Waals surface area contributed by atoms with Crippen LogP contribution in [0.1, 0.15) is 5.56 Å². The SMILES string of the molecule is COc1cccc(CNc2ncnc3nc[nH]c23)c1OC.O=P(O)(O)OC[C@H]1OC(O)[C@H](O)[C@@H]1O. The van der Waals surface area contributed by atoms with Crippen molar-refractivity contribution in [3.63, 3.8) is 0 Å². The number of aliphatic hydroxyl groups is 3. The van der Waals surface area contributed by atoms with Crippen molar-refractivity contribution in [3.05, 3.63) is 36.4 Å². The van der Waals surface area contributed by atoms with Gasteiger partial charge in [-0.05, 0) is 6.07 Å². The van der Waals surface area contributed by atoms with E-state index in [1.54, 1.807) is 20.5 Å². The fraction of sp³-hybridized carbons (Fsp3) is 0.421. The van der Waals surface area contributed by atoms with Gasteiger partial charge in [-0.25, -0.2) is 19.5 Å². The molecule has 4 rings (SSSR count). The lowest BCUT2D eigenvalue weighted by molar-refractivity contribution is -0.132. The topological polar surface area (TPSA) is 222 Å². The number of rotatable bonds is 8. The fourth-order valence-corrected chi connectivity index (χ4v) is 3.55. The molecule has 1 aliphatic heterocycles. The van der Waals surface area contributed by atoms with Crippen LogP contribution in [0.15, 0.2) is 30.9 Å². The van der Waals surface area contributed by atoms with Crippen LogP contribution in [-0.2, 0) is 20.4 Å². The molecule has 35 heavy (non-hydrogen) atoms. The monoisotopic (exact) mass is 515 g/mol. The first-order valence-corrected chi connectivity index (χ1v) is 11.6. The smallest absolute Gasteiger partial charge is 0.469 e. The van der Waals surface area contributed by atoms with Crippen LogP contribution >= 0.6 is 7.82 Å². The van der Waals surface area contributed by atoms with E-state index in [1.807, 2.05) is 18.2 Å². The van der Waals surface area contributed by atoms with E-state index in [0.29, 0.717) is 29.5 Å². The summed E-state index contributed by atoms with van der Waals surface area (Å²) in [6, 6.07) is 5.75. The van der Waals surface area contributed by atoms with Crippen molar-refractivity contribution >= 4 is 24.8 Å². The number of benzene rings is 1. The summed E-state index contributed by atoms with van der Waals surface area (Å²) in [6.45, 7) is -0.0644. The number of phosphoric ester groups is 1. The van der Waals surface area contributed by atoms with Gasteiger partial charge in [0.2, 0.25) is 0 Å². The van der Waals surface area contributed by atoms with Crippen molar-refractivity contribution in [2.24, 2.45) is 0 Å². The normalized spacial score (nSPS) is 21.9. The molecule has 1 saturated heterocycles. The van der Waals surface area contributed by atoms with Gasteiger partial charge in [0, 0.05) is 12.1 Å². The molecule has 0 saturated carbocycles. The zero-order valence-corrected chi connectivity index (χ0v) is 19.6. The van der Waals surface area contributed by atoms with E-state index in [-0.39, 0.29) is 0 Å². The van der Waals surface area contributed by atoms with Crippen molar-refractivity contribution in [1.82, 2.24) is 19.9 Å². The second-order valence-electron chi connectivity index (χ2n) is 7.16. The number of fused-ring (bicyclic) bond motifs is 1. The minimum Gasteiger partial charge on any atom is -0.493 e. The fourth-order valence-electron chi connectivity index (χ4n) is 3.21. The number of para-hydroxylation sites is 1. The number of nitrogens with zero attached hydrogens (tertiary/aromatic N) is 3. The van der Waals surface area contributed by atoms with Crippen molar-refractivity contribution in [1.29, 1.82) is 0 Å². The van der Waals surface area contributed by atoms with Crippen LogP contribution in [0, 0.1) is 0 Å². The zero-order valence-electron chi connectivity index (χ0n) is 18.7. The second kappa shape index (κ2) is 11.7. The number of aromatic nitrogens is 4. The van der Waals surface area contributed by atoms with Crippen LogP contribution in [-0.4, -0.2) is 90.5 Å². The van der Waals surface area contributed by atoms with Crippen molar-refractivity contribution in [2.75, 3.05) is 26.1 Å². The Morgan fingerprint density at radius 1 is 1.11 bits per heavy atom. The van der Waals surface area contributed by atoms with Crippen LogP contribution in [0.25, 0.3) is 11.2 Å². The van der Waals surface area contributed by atoms with Gasteiger partial charge in [-0.1, -0.05) is 12.1 Å². The molecule has 3 aromatic rings. The predicted octanol–water partition coefficient (Wildman–Crippen LogP) is -0.483. The minimum absolute atomic E-state index is 0.547. The zero-order chi connectivity index (χ0) is 25.6. The maximum atomic E-state index is 10.3. The molecule has 1 aromatic carbocycles. The summed E-state index contributed by atoms with van der Waals surface area (Å²) in [5.41, 5.74) is 2.38. The first-order valence-electron chi connectivity index (χ1n) is 10.1. The van der Waals surface area contributed by atoms with E-state index in [0.717, 1.165) is 11.1 Å². The Labute approximate surface area is 198 Å². The second-order valence-corrected chi connectivity index (χ2v) is 8.40.